The molecule has 194 valence electrons. The molecule has 36 heavy (non-hydrogen) atoms. The molecular formula is C26H34F2N5O2P. The number of aromatic nitrogens is 2. The van der Waals surface area contributed by atoms with E-state index in [-0.39, 0.29) is 31.8 Å². The highest BCUT2D eigenvalue weighted by Crippen LogP contribution is 2.54. The van der Waals surface area contributed by atoms with Gasteiger partial charge in [-0.25, -0.2) is 13.8 Å². The lowest BCUT2D eigenvalue weighted by Gasteiger charge is -2.35. The van der Waals surface area contributed by atoms with Crippen molar-refractivity contribution in [1.82, 2.24) is 9.97 Å². The molecule has 10 heteroatoms. The summed E-state index contributed by atoms with van der Waals surface area (Å²) in [6.45, 7) is 7.35. The van der Waals surface area contributed by atoms with Crippen molar-refractivity contribution in [2.45, 2.75) is 51.4 Å². The van der Waals surface area contributed by atoms with E-state index in [1.165, 1.54) is 12.8 Å². The molecule has 2 aromatic rings. The first kappa shape index (κ1) is 25.1. The lowest BCUT2D eigenvalue weighted by atomic mass is 9.93. The quantitative estimate of drug-likeness (QED) is 0.569. The van der Waals surface area contributed by atoms with Crippen molar-refractivity contribution < 1.29 is 18.1 Å². The maximum absolute atomic E-state index is 13.6. The van der Waals surface area contributed by atoms with Crippen LogP contribution in [0.4, 0.5) is 26.2 Å². The molecule has 2 aliphatic heterocycles. The number of alkyl halides is 2. The Balaban J connectivity index is 1.39. The molecule has 1 N–H and O–H groups in total. The minimum atomic E-state index is -2.66. The number of nitrogens with zero attached hydrogens (tertiary/aromatic N) is 4. The van der Waals surface area contributed by atoms with Crippen LogP contribution in [0, 0.1) is 12.3 Å². The van der Waals surface area contributed by atoms with Crippen LogP contribution in [0.15, 0.2) is 24.3 Å². The lowest BCUT2D eigenvalue weighted by molar-refractivity contribution is -0.0222. The van der Waals surface area contributed by atoms with E-state index < -0.39 is 13.1 Å². The van der Waals surface area contributed by atoms with Crippen LogP contribution in [0.3, 0.4) is 0 Å². The van der Waals surface area contributed by atoms with Gasteiger partial charge in [-0.15, -0.1) is 0 Å². The van der Waals surface area contributed by atoms with Gasteiger partial charge >= 0.3 is 0 Å². The van der Waals surface area contributed by atoms with Crippen LogP contribution in [0.1, 0.15) is 54.6 Å². The number of carbonyl (C=O) groups is 1. The SMILES string of the molecule is Cc1cc(NC(=O)c2ccc(P(C)(C)=O)cc2N2CCC3(CC2)CC3)nc(N2CCC(F)(F)CC2)n1. The third kappa shape index (κ3) is 5.41. The molecule has 0 unspecified atom stereocenters. The molecule has 0 bridgehead atoms. The van der Waals surface area contributed by atoms with E-state index in [1.54, 1.807) is 43.4 Å². The summed E-state index contributed by atoms with van der Waals surface area (Å²) >= 11 is 0. The van der Waals surface area contributed by atoms with E-state index in [1.807, 2.05) is 6.07 Å². The summed E-state index contributed by atoms with van der Waals surface area (Å²) in [5.74, 6) is -2.28. The summed E-state index contributed by atoms with van der Waals surface area (Å²) in [4.78, 5) is 26.3. The van der Waals surface area contributed by atoms with E-state index >= 15 is 0 Å². The summed E-state index contributed by atoms with van der Waals surface area (Å²) in [7, 11) is -2.50. The summed E-state index contributed by atoms with van der Waals surface area (Å²) in [5, 5.41) is 3.65. The van der Waals surface area contributed by atoms with Gasteiger partial charge in [0.2, 0.25) is 5.95 Å². The summed E-state index contributed by atoms with van der Waals surface area (Å²) in [5.41, 5.74) is 2.45. The largest absolute Gasteiger partial charge is 0.371 e. The van der Waals surface area contributed by atoms with Gasteiger partial charge in [-0.1, -0.05) is 6.07 Å². The zero-order chi connectivity index (χ0) is 25.7. The van der Waals surface area contributed by atoms with Gasteiger partial charge in [0, 0.05) is 56.1 Å². The number of halogens is 2. The van der Waals surface area contributed by atoms with Crippen LogP contribution < -0.4 is 20.4 Å². The maximum Gasteiger partial charge on any atom is 0.258 e. The Hall–Kier alpha value is -2.54. The fourth-order valence-electron chi connectivity index (χ4n) is 5.18. The van der Waals surface area contributed by atoms with Crippen molar-refractivity contribution in [2.24, 2.45) is 5.41 Å². The molecule has 1 aliphatic carbocycles. The molecule has 0 atom stereocenters. The number of nitrogens with one attached hydrogen (secondary N) is 1. The Labute approximate surface area is 211 Å². The van der Waals surface area contributed by atoms with Crippen molar-refractivity contribution in [3.63, 3.8) is 0 Å². The zero-order valence-electron chi connectivity index (χ0n) is 21.2. The Bertz CT molecular complexity index is 1210. The second kappa shape index (κ2) is 9.09. The molecule has 1 aromatic heterocycles. The number of hydrogen-bond acceptors (Lipinski definition) is 6. The second-order valence-electron chi connectivity index (χ2n) is 11.0. The van der Waals surface area contributed by atoms with Crippen LogP contribution in [-0.2, 0) is 4.57 Å². The third-order valence-corrected chi connectivity index (χ3v) is 9.35. The Morgan fingerprint density at radius 2 is 1.58 bits per heavy atom. The van der Waals surface area contributed by atoms with Gasteiger partial charge in [-0.2, -0.15) is 4.98 Å². The summed E-state index contributed by atoms with van der Waals surface area (Å²) in [6, 6.07) is 7.11. The maximum atomic E-state index is 13.6. The molecule has 1 spiro atoms. The average molecular weight is 518 g/mol. The first-order valence-electron chi connectivity index (χ1n) is 12.7. The number of amides is 1. The van der Waals surface area contributed by atoms with Gasteiger partial charge < -0.3 is 19.7 Å². The first-order chi connectivity index (χ1) is 16.9. The Morgan fingerprint density at radius 3 is 2.19 bits per heavy atom. The van der Waals surface area contributed by atoms with Gasteiger partial charge in [-0.3, -0.25) is 4.79 Å². The molecule has 1 aromatic carbocycles. The Kier molecular flexibility index (Phi) is 6.34. The van der Waals surface area contributed by atoms with Crippen LogP contribution in [0.5, 0.6) is 0 Å². The van der Waals surface area contributed by atoms with Crippen molar-refractivity contribution in [3.05, 3.63) is 35.5 Å². The number of anilines is 3. The molecule has 5 rings (SSSR count). The molecular weight excluding hydrogens is 483 g/mol. The number of rotatable bonds is 5. The van der Waals surface area contributed by atoms with Gasteiger partial charge in [0.25, 0.3) is 11.8 Å². The lowest BCUT2D eigenvalue weighted by Crippen LogP contribution is -2.40. The summed E-state index contributed by atoms with van der Waals surface area (Å²) in [6.07, 6.45) is 4.32. The van der Waals surface area contributed by atoms with Crippen LogP contribution >= 0.6 is 7.14 Å². The van der Waals surface area contributed by atoms with Crippen molar-refractivity contribution in [3.8, 4) is 0 Å². The molecule has 1 amide bonds. The molecule has 0 radical (unpaired) electrons. The fourth-order valence-corrected chi connectivity index (χ4v) is 6.05. The zero-order valence-corrected chi connectivity index (χ0v) is 22.1. The molecule has 7 nitrogen and oxygen atoms in total. The highest BCUT2D eigenvalue weighted by molar-refractivity contribution is 7.70. The predicted molar refractivity (Wildman–Crippen MR) is 140 cm³/mol. The number of hydrogen-bond donors (Lipinski definition) is 1. The van der Waals surface area contributed by atoms with Crippen LogP contribution in [-0.4, -0.2) is 61.3 Å². The van der Waals surface area contributed by atoms with E-state index in [9.17, 15) is 18.1 Å². The van der Waals surface area contributed by atoms with Gasteiger partial charge in [0.1, 0.15) is 13.0 Å². The smallest absolute Gasteiger partial charge is 0.258 e. The van der Waals surface area contributed by atoms with Gasteiger partial charge in [-0.05, 0) is 63.5 Å². The second-order valence-corrected chi connectivity index (χ2v) is 14.2. The van der Waals surface area contributed by atoms with E-state index in [0.29, 0.717) is 28.4 Å². The number of benzene rings is 1. The van der Waals surface area contributed by atoms with Gasteiger partial charge in [0.05, 0.1) is 11.3 Å². The third-order valence-electron chi connectivity index (χ3n) is 7.83. The van der Waals surface area contributed by atoms with Gasteiger partial charge in [0.15, 0.2) is 0 Å². The Morgan fingerprint density at radius 1 is 0.944 bits per heavy atom. The normalized spacial score (nSPS) is 20.9. The predicted octanol–water partition coefficient (Wildman–Crippen LogP) is 4.90. The minimum absolute atomic E-state index is 0.167. The highest BCUT2D eigenvalue weighted by atomic mass is 31.2. The average Bonchev–Trinajstić information content (AvgIpc) is 3.57. The molecule has 1 saturated carbocycles. The monoisotopic (exact) mass is 517 g/mol. The molecule has 2 saturated heterocycles. The topological polar surface area (TPSA) is 78.4 Å². The van der Waals surface area contributed by atoms with Crippen LogP contribution in [0.25, 0.3) is 0 Å². The van der Waals surface area contributed by atoms with Crippen molar-refractivity contribution in [2.75, 3.05) is 54.6 Å². The summed E-state index contributed by atoms with van der Waals surface area (Å²) < 4.78 is 40.0. The van der Waals surface area contributed by atoms with Crippen molar-refractivity contribution in [1.29, 1.82) is 0 Å². The number of piperidine rings is 2. The standard InChI is InChI=1S/C26H34F2N5O2P/c1-18-16-22(31-24(29-18)33-14-10-26(27,28)11-15-33)30-23(34)20-5-4-19(36(2,3)35)17-21(20)32-12-8-25(6-7-25)9-13-32/h4-5,16-17H,6-15H2,1-3H3,(H,29,30,31,34). The van der Waals surface area contributed by atoms with E-state index in [4.69, 9.17) is 0 Å². The molecule has 3 fully saturated rings. The minimum Gasteiger partial charge on any atom is -0.371 e. The van der Waals surface area contributed by atoms with Crippen molar-refractivity contribution >= 4 is 35.8 Å². The highest BCUT2D eigenvalue weighted by Gasteiger charge is 2.44. The molecule has 3 aliphatic rings. The first-order valence-corrected chi connectivity index (χ1v) is 15.3. The molecule has 3 heterocycles. The van der Waals surface area contributed by atoms with Crippen LogP contribution in [0.2, 0.25) is 0 Å². The van der Waals surface area contributed by atoms with E-state index in [0.717, 1.165) is 36.9 Å². The van der Waals surface area contributed by atoms with E-state index in [2.05, 4.69) is 20.2 Å². The number of aryl methyl sites for hydroxylation is 1. The fraction of sp³-hybridized carbons (Fsp3) is 0.577. The number of carbonyl (C=O) groups excluding carboxylic acids is 1.